The van der Waals surface area contributed by atoms with E-state index in [1.54, 1.807) is 25.1 Å². The second-order valence-corrected chi connectivity index (χ2v) is 5.25. The number of carbonyl (C=O) groups excluding carboxylic acids is 1. The van der Waals surface area contributed by atoms with Crippen LogP contribution >= 0.6 is 22.6 Å². The Bertz CT molecular complexity index is 628. The first kappa shape index (κ1) is 14.6. The van der Waals surface area contributed by atoms with Gasteiger partial charge in [0.2, 0.25) is 0 Å². The summed E-state index contributed by atoms with van der Waals surface area (Å²) >= 11 is 2.19. The molecule has 0 amide bonds. The summed E-state index contributed by atoms with van der Waals surface area (Å²) in [6.45, 7) is 2.06. The number of nitrogen functional groups attached to an aromatic ring is 1. The molecule has 2 aromatic rings. The monoisotopic (exact) mass is 383 g/mol. The van der Waals surface area contributed by atoms with Crippen molar-refractivity contribution in [1.29, 1.82) is 0 Å². The standard InChI is InChI=1S/C15H14INO3/c1-2-19-15(18)12-7-4-8-13(17)14(12)20-11-6-3-5-10(16)9-11/h3-9H,2,17H2,1H3. The van der Waals surface area contributed by atoms with Gasteiger partial charge in [0.15, 0.2) is 5.75 Å². The van der Waals surface area contributed by atoms with Crippen LogP contribution in [0.1, 0.15) is 17.3 Å². The molecule has 2 N–H and O–H groups in total. The summed E-state index contributed by atoms with van der Waals surface area (Å²) in [7, 11) is 0. The van der Waals surface area contributed by atoms with E-state index in [1.807, 2.05) is 24.3 Å². The van der Waals surface area contributed by atoms with Gasteiger partial charge >= 0.3 is 5.97 Å². The molecule has 0 spiro atoms. The minimum Gasteiger partial charge on any atom is -0.462 e. The Labute approximate surface area is 131 Å². The molecule has 5 heteroatoms. The average Bonchev–Trinajstić information content (AvgIpc) is 2.41. The van der Waals surface area contributed by atoms with Gasteiger partial charge in [-0.1, -0.05) is 12.1 Å². The van der Waals surface area contributed by atoms with Gasteiger partial charge in [-0.15, -0.1) is 0 Å². The lowest BCUT2D eigenvalue weighted by Crippen LogP contribution is -2.08. The molecule has 4 nitrogen and oxygen atoms in total. The van der Waals surface area contributed by atoms with Crippen molar-refractivity contribution in [1.82, 2.24) is 0 Å². The lowest BCUT2D eigenvalue weighted by molar-refractivity contribution is 0.0523. The normalized spacial score (nSPS) is 10.1. The number of hydrogen-bond acceptors (Lipinski definition) is 4. The Hall–Kier alpha value is -1.76. The third-order valence-corrected chi connectivity index (χ3v) is 3.23. The van der Waals surface area contributed by atoms with Crippen molar-refractivity contribution < 1.29 is 14.3 Å². The molecular formula is C15H14INO3. The summed E-state index contributed by atoms with van der Waals surface area (Å²) in [6.07, 6.45) is 0. The zero-order chi connectivity index (χ0) is 14.5. The fraction of sp³-hybridized carbons (Fsp3) is 0.133. The van der Waals surface area contributed by atoms with Gasteiger partial charge in [-0.3, -0.25) is 0 Å². The van der Waals surface area contributed by atoms with E-state index in [1.165, 1.54) is 0 Å². The number of para-hydroxylation sites is 1. The maximum Gasteiger partial charge on any atom is 0.342 e. The van der Waals surface area contributed by atoms with Crippen LogP contribution in [-0.2, 0) is 4.74 Å². The van der Waals surface area contributed by atoms with Crippen LogP contribution in [0.4, 0.5) is 5.69 Å². The zero-order valence-electron chi connectivity index (χ0n) is 10.9. The number of anilines is 1. The number of carbonyl (C=O) groups is 1. The van der Waals surface area contributed by atoms with Crippen molar-refractivity contribution in [2.24, 2.45) is 0 Å². The quantitative estimate of drug-likeness (QED) is 0.495. The first-order valence-electron chi connectivity index (χ1n) is 6.11. The third-order valence-electron chi connectivity index (χ3n) is 2.56. The Kier molecular flexibility index (Phi) is 4.84. The molecule has 0 fully saturated rings. The van der Waals surface area contributed by atoms with E-state index >= 15 is 0 Å². The number of nitrogens with two attached hydrogens (primary N) is 1. The molecule has 2 aromatic carbocycles. The summed E-state index contributed by atoms with van der Waals surface area (Å²) in [5.41, 5.74) is 6.63. The van der Waals surface area contributed by atoms with Crippen LogP contribution in [0.15, 0.2) is 42.5 Å². The minimum atomic E-state index is -0.444. The Morgan fingerprint density at radius 3 is 2.70 bits per heavy atom. The summed E-state index contributed by atoms with van der Waals surface area (Å²) in [5, 5.41) is 0. The number of halogens is 1. The summed E-state index contributed by atoms with van der Waals surface area (Å²) in [4.78, 5) is 11.9. The molecule has 0 saturated heterocycles. The second-order valence-electron chi connectivity index (χ2n) is 4.00. The molecule has 0 aliphatic rings. The maximum absolute atomic E-state index is 11.9. The lowest BCUT2D eigenvalue weighted by Gasteiger charge is -2.13. The predicted molar refractivity (Wildman–Crippen MR) is 86.0 cm³/mol. The molecule has 0 aliphatic carbocycles. The number of esters is 1. The highest BCUT2D eigenvalue weighted by Gasteiger charge is 2.16. The SMILES string of the molecule is CCOC(=O)c1cccc(N)c1Oc1cccc(I)c1. The first-order valence-corrected chi connectivity index (χ1v) is 7.18. The van der Waals surface area contributed by atoms with Crippen molar-refractivity contribution in [3.05, 3.63) is 51.6 Å². The van der Waals surface area contributed by atoms with Crippen molar-refractivity contribution in [2.45, 2.75) is 6.92 Å². The lowest BCUT2D eigenvalue weighted by atomic mass is 10.1. The highest BCUT2D eigenvalue weighted by atomic mass is 127. The predicted octanol–water partition coefficient (Wildman–Crippen LogP) is 3.84. The molecule has 104 valence electrons. The molecule has 20 heavy (non-hydrogen) atoms. The molecule has 0 aromatic heterocycles. The van der Waals surface area contributed by atoms with Crippen LogP contribution in [-0.4, -0.2) is 12.6 Å². The molecule has 0 heterocycles. The highest BCUT2D eigenvalue weighted by molar-refractivity contribution is 14.1. The fourth-order valence-electron chi connectivity index (χ4n) is 1.69. The van der Waals surface area contributed by atoms with E-state index in [2.05, 4.69) is 22.6 Å². The van der Waals surface area contributed by atoms with Crippen LogP contribution in [0.25, 0.3) is 0 Å². The zero-order valence-corrected chi connectivity index (χ0v) is 13.1. The molecular weight excluding hydrogens is 369 g/mol. The minimum absolute atomic E-state index is 0.302. The first-order chi connectivity index (χ1) is 9.61. The van der Waals surface area contributed by atoms with Gasteiger partial charge in [0.25, 0.3) is 0 Å². The molecule has 2 rings (SSSR count). The number of rotatable bonds is 4. The summed E-state index contributed by atoms with van der Waals surface area (Å²) in [5.74, 6) is 0.508. The van der Waals surface area contributed by atoms with Crippen LogP contribution in [0.2, 0.25) is 0 Å². The Balaban J connectivity index is 2.37. The Morgan fingerprint density at radius 2 is 2.00 bits per heavy atom. The van der Waals surface area contributed by atoms with Crippen molar-refractivity contribution in [3.63, 3.8) is 0 Å². The summed E-state index contributed by atoms with van der Waals surface area (Å²) in [6, 6.07) is 12.5. The van der Waals surface area contributed by atoms with Gasteiger partial charge in [0.1, 0.15) is 11.3 Å². The van der Waals surface area contributed by atoms with Crippen LogP contribution in [0, 0.1) is 3.57 Å². The average molecular weight is 383 g/mol. The third kappa shape index (κ3) is 3.41. The second kappa shape index (κ2) is 6.60. The van der Waals surface area contributed by atoms with E-state index in [4.69, 9.17) is 15.2 Å². The molecule has 0 radical (unpaired) electrons. The van der Waals surface area contributed by atoms with Crippen LogP contribution in [0.3, 0.4) is 0 Å². The molecule has 0 atom stereocenters. The molecule has 0 unspecified atom stereocenters. The highest BCUT2D eigenvalue weighted by Crippen LogP contribution is 2.32. The van der Waals surface area contributed by atoms with Gasteiger partial charge < -0.3 is 15.2 Å². The molecule has 0 saturated carbocycles. The molecule has 0 aliphatic heterocycles. The van der Waals surface area contributed by atoms with E-state index in [-0.39, 0.29) is 0 Å². The van der Waals surface area contributed by atoms with Crippen molar-refractivity contribution >= 4 is 34.2 Å². The van der Waals surface area contributed by atoms with Gasteiger partial charge in [-0.25, -0.2) is 4.79 Å². The van der Waals surface area contributed by atoms with E-state index in [9.17, 15) is 4.79 Å². The number of benzene rings is 2. The Morgan fingerprint density at radius 1 is 1.25 bits per heavy atom. The van der Waals surface area contributed by atoms with Gasteiger partial charge in [-0.05, 0) is 59.8 Å². The number of ether oxygens (including phenoxy) is 2. The molecule has 0 bridgehead atoms. The topological polar surface area (TPSA) is 61.5 Å². The number of hydrogen-bond donors (Lipinski definition) is 1. The largest absolute Gasteiger partial charge is 0.462 e. The van der Waals surface area contributed by atoms with E-state index < -0.39 is 5.97 Å². The van der Waals surface area contributed by atoms with E-state index in [0.717, 1.165) is 3.57 Å². The summed E-state index contributed by atoms with van der Waals surface area (Å²) < 4.78 is 11.8. The van der Waals surface area contributed by atoms with E-state index in [0.29, 0.717) is 29.4 Å². The van der Waals surface area contributed by atoms with Crippen LogP contribution < -0.4 is 10.5 Å². The van der Waals surface area contributed by atoms with Gasteiger partial charge in [0.05, 0.1) is 12.3 Å². The van der Waals surface area contributed by atoms with Crippen LogP contribution in [0.5, 0.6) is 11.5 Å². The van der Waals surface area contributed by atoms with Crippen molar-refractivity contribution in [2.75, 3.05) is 12.3 Å². The maximum atomic E-state index is 11.9. The smallest absolute Gasteiger partial charge is 0.342 e. The van der Waals surface area contributed by atoms with Gasteiger partial charge in [-0.2, -0.15) is 0 Å². The fourth-order valence-corrected chi connectivity index (χ4v) is 2.20. The van der Waals surface area contributed by atoms with Gasteiger partial charge in [0, 0.05) is 3.57 Å². The van der Waals surface area contributed by atoms with Crippen molar-refractivity contribution in [3.8, 4) is 11.5 Å².